The number of aryl methyl sites for hydroxylation is 1. The first-order valence-corrected chi connectivity index (χ1v) is 7.25. The molecule has 0 saturated carbocycles. The number of hydrogen-bond acceptors (Lipinski definition) is 3. The van der Waals surface area contributed by atoms with Gasteiger partial charge in [-0.3, -0.25) is 4.79 Å². The Morgan fingerprint density at radius 2 is 2.14 bits per heavy atom. The molecule has 6 heteroatoms. The zero-order valence-corrected chi connectivity index (χ0v) is 12.3. The molecule has 0 aliphatic carbocycles. The lowest BCUT2D eigenvalue weighted by atomic mass is 10.2. The summed E-state index contributed by atoms with van der Waals surface area (Å²) in [5.41, 5.74) is 1.79. The summed E-state index contributed by atoms with van der Waals surface area (Å²) in [7, 11) is 0. The summed E-state index contributed by atoms with van der Waals surface area (Å²) in [6.07, 6.45) is 0.946. The van der Waals surface area contributed by atoms with Gasteiger partial charge in [-0.15, -0.1) is 0 Å². The van der Waals surface area contributed by atoms with E-state index in [1.807, 2.05) is 31.2 Å². The number of amides is 3. The standard InChI is InChI=1S/C15H22N4O2/c1-12-4-2-5-13(10-12)18-15(21)17-11-14(20)19-8-3-6-16-7-9-19/h2,4-5,10,16H,3,6-9,11H2,1H3,(H2,17,18,21). The normalized spacial score (nSPS) is 15.2. The Kier molecular flexibility index (Phi) is 5.57. The average Bonchev–Trinajstić information content (AvgIpc) is 2.74. The lowest BCUT2D eigenvalue weighted by molar-refractivity contribution is -0.129. The van der Waals surface area contributed by atoms with Crippen LogP contribution in [0.5, 0.6) is 0 Å². The first kappa shape index (κ1) is 15.3. The van der Waals surface area contributed by atoms with E-state index in [-0.39, 0.29) is 18.5 Å². The molecule has 21 heavy (non-hydrogen) atoms. The van der Waals surface area contributed by atoms with Crippen LogP contribution in [0.25, 0.3) is 0 Å². The molecule has 3 amide bonds. The first-order chi connectivity index (χ1) is 10.1. The molecule has 0 radical (unpaired) electrons. The smallest absolute Gasteiger partial charge is 0.319 e. The van der Waals surface area contributed by atoms with Crippen LogP contribution < -0.4 is 16.0 Å². The van der Waals surface area contributed by atoms with E-state index in [1.54, 1.807) is 4.90 Å². The Hall–Kier alpha value is -2.08. The van der Waals surface area contributed by atoms with Gasteiger partial charge in [-0.05, 0) is 37.6 Å². The highest BCUT2D eigenvalue weighted by atomic mass is 16.2. The first-order valence-electron chi connectivity index (χ1n) is 7.25. The van der Waals surface area contributed by atoms with Crippen molar-refractivity contribution in [1.82, 2.24) is 15.5 Å². The van der Waals surface area contributed by atoms with Gasteiger partial charge < -0.3 is 20.9 Å². The molecule has 6 nitrogen and oxygen atoms in total. The van der Waals surface area contributed by atoms with Crippen LogP contribution in [0.2, 0.25) is 0 Å². The van der Waals surface area contributed by atoms with Gasteiger partial charge in [0, 0.05) is 25.3 Å². The molecule has 2 rings (SSSR count). The van der Waals surface area contributed by atoms with Crippen LogP contribution in [0.1, 0.15) is 12.0 Å². The van der Waals surface area contributed by atoms with Gasteiger partial charge in [0.15, 0.2) is 0 Å². The van der Waals surface area contributed by atoms with Crippen molar-refractivity contribution in [2.45, 2.75) is 13.3 Å². The molecule has 1 heterocycles. The van der Waals surface area contributed by atoms with E-state index >= 15 is 0 Å². The largest absolute Gasteiger partial charge is 0.340 e. The van der Waals surface area contributed by atoms with E-state index < -0.39 is 0 Å². The summed E-state index contributed by atoms with van der Waals surface area (Å²) >= 11 is 0. The molecule has 1 aliphatic rings. The Morgan fingerprint density at radius 3 is 2.95 bits per heavy atom. The lowest BCUT2D eigenvalue weighted by Crippen LogP contribution is -2.42. The van der Waals surface area contributed by atoms with Gasteiger partial charge in [-0.1, -0.05) is 12.1 Å². The van der Waals surface area contributed by atoms with Crippen LogP contribution in [0.15, 0.2) is 24.3 Å². The fraction of sp³-hybridized carbons (Fsp3) is 0.467. The van der Waals surface area contributed by atoms with Crippen LogP contribution in [-0.2, 0) is 4.79 Å². The lowest BCUT2D eigenvalue weighted by Gasteiger charge is -2.20. The molecule has 0 aromatic heterocycles. The van der Waals surface area contributed by atoms with Crippen molar-refractivity contribution in [3.05, 3.63) is 29.8 Å². The minimum atomic E-state index is -0.359. The van der Waals surface area contributed by atoms with Gasteiger partial charge in [-0.25, -0.2) is 4.79 Å². The highest BCUT2D eigenvalue weighted by Gasteiger charge is 2.15. The van der Waals surface area contributed by atoms with E-state index in [0.717, 1.165) is 37.3 Å². The van der Waals surface area contributed by atoms with Crippen molar-refractivity contribution in [2.24, 2.45) is 0 Å². The Balaban J connectivity index is 1.76. The molecule has 1 saturated heterocycles. The number of benzene rings is 1. The van der Waals surface area contributed by atoms with Crippen molar-refractivity contribution < 1.29 is 9.59 Å². The fourth-order valence-corrected chi connectivity index (χ4v) is 2.26. The minimum absolute atomic E-state index is 0.0254. The van der Waals surface area contributed by atoms with E-state index in [2.05, 4.69) is 16.0 Å². The summed E-state index contributed by atoms with van der Waals surface area (Å²) < 4.78 is 0. The van der Waals surface area contributed by atoms with Crippen LogP contribution in [0.4, 0.5) is 10.5 Å². The molecular weight excluding hydrogens is 268 g/mol. The van der Waals surface area contributed by atoms with Crippen molar-refractivity contribution in [3.63, 3.8) is 0 Å². The van der Waals surface area contributed by atoms with Gasteiger partial charge in [0.05, 0.1) is 6.54 Å². The maximum absolute atomic E-state index is 12.0. The van der Waals surface area contributed by atoms with Crippen molar-refractivity contribution in [1.29, 1.82) is 0 Å². The molecule has 0 atom stereocenters. The third-order valence-corrected chi connectivity index (χ3v) is 3.37. The molecule has 0 unspecified atom stereocenters. The predicted octanol–water partition coefficient (Wildman–Crippen LogP) is 0.938. The zero-order chi connectivity index (χ0) is 15.1. The SMILES string of the molecule is Cc1cccc(NC(=O)NCC(=O)N2CCCNCC2)c1. The number of nitrogens with zero attached hydrogens (tertiary/aromatic N) is 1. The maximum Gasteiger partial charge on any atom is 0.319 e. The van der Waals surface area contributed by atoms with Gasteiger partial charge in [-0.2, -0.15) is 0 Å². The summed E-state index contributed by atoms with van der Waals surface area (Å²) in [6.45, 7) is 5.16. The van der Waals surface area contributed by atoms with E-state index in [0.29, 0.717) is 6.54 Å². The third kappa shape index (κ3) is 5.07. The molecular formula is C15H22N4O2. The predicted molar refractivity (Wildman–Crippen MR) is 82.3 cm³/mol. The summed E-state index contributed by atoms with van der Waals surface area (Å²) in [6, 6.07) is 7.17. The van der Waals surface area contributed by atoms with Gasteiger partial charge in [0.2, 0.25) is 5.91 Å². The summed E-state index contributed by atoms with van der Waals surface area (Å²) in [5, 5.41) is 8.57. The number of anilines is 1. The van der Waals surface area contributed by atoms with E-state index in [1.165, 1.54) is 0 Å². The fourth-order valence-electron chi connectivity index (χ4n) is 2.26. The molecule has 0 bridgehead atoms. The minimum Gasteiger partial charge on any atom is -0.340 e. The van der Waals surface area contributed by atoms with Crippen LogP contribution in [0.3, 0.4) is 0 Å². The second kappa shape index (κ2) is 7.64. The van der Waals surface area contributed by atoms with Gasteiger partial charge in [0.25, 0.3) is 0 Å². The summed E-state index contributed by atoms with van der Waals surface area (Å²) in [5.74, 6) is -0.0434. The maximum atomic E-state index is 12.0. The Bertz CT molecular complexity index is 496. The monoisotopic (exact) mass is 290 g/mol. The van der Waals surface area contributed by atoms with E-state index in [4.69, 9.17) is 0 Å². The number of carbonyl (C=O) groups is 2. The van der Waals surface area contributed by atoms with Crippen molar-refractivity contribution >= 4 is 17.6 Å². The van der Waals surface area contributed by atoms with Gasteiger partial charge in [0.1, 0.15) is 0 Å². The number of nitrogens with one attached hydrogen (secondary N) is 3. The second-order valence-corrected chi connectivity index (χ2v) is 5.16. The average molecular weight is 290 g/mol. The number of carbonyl (C=O) groups excluding carboxylic acids is 2. The molecule has 3 N–H and O–H groups in total. The zero-order valence-electron chi connectivity index (χ0n) is 12.3. The second-order valence-electron chi connectivity index (χ2n) is 5.16. The number of rotatable bonds is 3. The summed E-state index contributed by atoms with van der Waals surface area (Å²) in [4.78, 5) is 25.6. The van der Waals surface area contributed by atoms with Crippen LogP contribution in [0, 0.1) is 6.92 Å². The number of hydrogen-bond donors (Lipinski definition) is 3. The molecule has 1 fully saturated rings. The molecule has 1 aromatic carbocycles. The molecule has 1 aromatic rings. The topological polar surface area (TPSA) is 73.5 Å². The molecule has 0 spiro atoms. The molecule has 114 valence electrons. The third-order valence-electron chi connectivity index (χ3n) is 3.37. The highest BCUT2D eigenvalue weighted by Crippen LogP contribution is 2.08. The van der Waals surface area contributed by atoms with Crippen LogP contribution >= 0.6 is 0 Å². The quantitative estimate of drug-likeness (QED) is 0.775. The Morgan fingerprint density at radius 1 is 1.29 bits per heavy atom. The van der Waals surface area contributed by atoms with Gasteiger partial charge >= 0.3 is 6.03 Å². The molecule has 1 aliphatic heterocycles. The highest BCUT2D eigenvalue weighted by molar-refractivity contribution is 5.92. The van der Waals surface area contributed by atoms with Crippen LogP contribution in [-0.4, -0.2) is 49.6 Å². The van der Waals surface area contributed by atoms with E-state index in [9.17, 15) is 9.59 Å². The van der Waals surface area contributed by atoms with Crippen molar-refractivity contribution in [2.75, 3.05) is 38.0 Å². The number of urea groups is 1. The Labute approximate surface area is 124 Å². The van der Waals surface area contributed by atoms with Crippen molar-refractivity contribution in [3.8, 4) is 0 Å².